The molecule has 0 spiro atoms. The van der Waals surface area contributed by atoms with E-state index >= 15 is 0 Å². The van der Waals surface area contributed by atoms with Gasteiger partial charge in [-0.15, -0.1) is 0 Å². The van der Waals surface area contributed by atoms with E-state index in [-0.39, 0.29) is 18.2 Å². The minimum absolute atomic E-state index is 0.116. The Morgan fingerprint density at radius 2 is 1.90 bits per heavy atom. The average Bonchev–Trinajstić information content (AvgIpc) is 2.45. The smallest absolute Gasteiger partial charge is 0.321 e. The first-order valence-electron chi connectivity index (χ1n) is 7.03. The van der Waals surface area contributed by atoms with E-state index in [4.69, 9.17) is 5.11 Å². The molecule has 0 radical (unpaired) electrons. The lowest BCUT2D eigenvalue weighted by Crippen LogP contribution is -2.37. The summed E-state index contributed by atoms with van der Waals surface area (Å²) in [4.78, 5) is 23.7. The number of phenols is 1. The fourth-order valence-corrected chi connectivity index (χ4v) is 1.89. The minimum Gasteiger partial charge on any atom is -0.508 e. The fraction of sp³-hybridized carbons (Fsp3) is 0.467. The minimum atomic E-state index is -0.768. The summed E-state index contributed by atoms with van der Waals surface area (Å²) in [6, 6.07) is 6.26. The summed E-state index contributed by atoms with van der Waals surface area (Å²) in [5.41, 5.74) is 0.619. The molecule has 116 valence electrons. The molecule has 1 aromatic rings. The van der Waals surface area contributed by atoms with Gasteiger partial charge in [-0.3, -0.25) is 9.69 Å². The van der Waals surface area contributed by atoms with Gasteiger partial charge in [0, 0.05) is 31.8 Å². The van der Waals surface area contributed by atoms with Crippen LogP contribution < -0.4 is 10.2 Å². The molecule has 3 N–H and O–H groups in total. The lowest BCUT2D eigenvalue weighted by Gasteiger charge is -2.18. The van der Waals surface area contributed by atoms with Crippen LogP contribution in [0.15, 0.2) is 24.3 Å². The van der Waals surface area contributed by atoms with Crippen molar-refractivity contribution >= 4 is 17.7 Å². The Bertz CT molecular complexity index is 476. The highest BCUT2D eigenvalue weighted by molar-refractivity contribution is 5.91. The molecule has 0 saturated carbocycles. The number of nitrogens with one attached hydrogen (secondary N) is 1. The number of hydrogen-bond donors (Lipinski definition) is 3. The van der Waals surface area contributed by atoms with Gasteiger partial charge in [0.05, 0.1) is 0 Å². The molecule has 1 aromatic carbocycles. The number of urea groups is 1. The molecule has 0 aromatic heterocycles. The monoisotopic (exact) mass is 294 g/mol. The van der Waals surface area contributed by atoms with Crippen molar-refractivity contribution in [3.05, 3.63) is 24.3 Å². The van der Waals surface area contributed by atoms with E-state index in [1.807, 2.05) is 0 Å². The van der Waals surface area contributed by atoms with E-state index in [1.54, 1.807) is 25.2 Å². The number of carboxylic acids is 1. The Labute approximate surface area is 124 Å². The van der Waals surface area contributed by atoms with Gasteiger partial charge in [0.2, 0.25) is 0 Å². The maximum absolute atomic E-state index is 11.9. The van der Waals surface area contributed by atoms with Crippen LogP contribution in [0.3, 0.4) is 0 Å². The van der Waals surface area contributed by atoms with Crippen molar-refractivity contribution in [2.45, 2.75) is 32.1 Å². The van der Waals surface area contributed by atoms with Gasteiger partial charge in [-0.1, -0.05) is 18.9 Å². The summed E-state index contributed by atoms with van der Waals surface area (Å²) in [6.07, 6.45) is 3.44. The van der Waals surface area contributed by atoms with E-state index < -0.39 is 5.97 Å². The lowest BCUT2D eigenvalue weighted by molar-refractivity contribution is -0.137. The summed E-state index contributed by atoms with van der Waals surface area (Å²) < 4.78 is 0. The van der Waals surface area contributed by atoms with Crippen LogP contribution in [0.2, 0.25) is 0 Å². The number of phenolic OH excluding ortho intramolecular Hbond substituents is 1. The Balaban J connectivity index is 2.20. The first-order valence-corrected chi connectivity index (χ1v) is 7.03. The van der Waals surface area contributed by atoms with Gasteiger partial charge < -0.3 is 15.5 Å². The van der Waals surface area contributed by atoms with Gasteiger partial charge in [-0.05, 0) is 25.0 Å². The van der Waals surface area contributed by atoms with Crippen LogP contribution in [0.1, 0.15) is 32.1 Å². The molecule has 0 atom stereocenters. The predicted octanol–water partition coefficient (Wildman–Crippen LogP) is 2.57. The summed E-state index contributed by atoms with van der Waals surface area (Å²) in [5, 5.41) is 20.7. The van der Waals surface area contributed by atoms with Crippen molar-refractivity contribution in [1.29, 1.82) is 0 Å². The Kier molecular flexibility index (Phi) is 7.08. The van der Waals surface area contributed by atoms with Crippen LogP contribution >= 0.6 is 0 Å². The highest BCUT2D eigenvalue weighted by Crippen LogP contribution is 2.18. The van der Waals surface area contributed by atoms with Gasteiger partial charge in [-0.25, -0.2) is 4.79 Å². The molecule has 0 aliphatic carbocycles. The normalized spacial score (nSPS) is 10.1. The topological polar surface area (TPSA) is 89.9 Å². The number of rotatable bonds is 8. The third kappa shape index (κ3) is 6.65. The molecule has 0 aliphatic rings. The zero-order valence-corrected chi connectivity index (χ0v) is 12.2. The van der Waals surface area contributed by atoms with Gasteiger partial charge in [0.25, 0.3) is 0 Å². The standard InChI is InChI=1S/C15H22N2O4/c1-17(12-7-6-8-13(18)11-12)15(21)16-10-5-3-2-4-9-14(19)20/h6-8,11,18H,2-5,9-10H2,1H3,(H,16,21)(H,19,20). The summed E-state index contributed by atoms with van der Waals surface area (Å²) in [5.74, 6) is -0.651. The van der Waals surface area contributed by atoms with Crippen LogP contribution in [0.5, 0.6) is 5.75 Å². The number of benzene rings is 1. The third-order valence-electron chi connectivity index (χ3n) is 3.12. The zero-order valence-electron chi connectivity index (χ0n) is 12.2. The number of carbonyl (C=O) groups excluding carboxylic acids is 1. The van der Waals surface area contributed by atoms with Crippen LogP contribution in [-0.2, 0) is 4.79 Å². The van der Waals surface area contributed by atoms with Crippen molar-refractivity contribution in [2.24, 2.45) is 0 Å². The molecular weight excluding hydrogens is 272 g/mol. The van der Waals surface area contributed by atoms with Crippen molar-refractivity contribution in [3.8, 4) is 5.75 Å². The third-order valence-corrected chi connectivity index (χ3v) is 3.12. The average molecular weight is 294 g/mol. The van der Waals surface area contributed by atoms with Gasteiger partial charge >= 0.3 is 12.0 Å². The van der Waals surface area contributed by atoms with E-state index in [9.17, 15) is 14.7 Å². The van der Waals surface area contributed by atoms with E-state index in [0.717, 1.165) is 19.3 Å². The number of carboxylic acid groups (broad SMARTS) is 1. The molecular formula is C15H22N2O4. The van der Waals surface area contributed by atoms with Crippen LogP contribution in [0, 0.1) is 0 Å². The molecule has 1 rings (SSSR count). The van der Waals surface area contributed by atoms with Crippen LogP contribution in [-0.4, -0.2) is 35.8 Å². The SMILES string of the molecule is CN(C(=O)NCCCCCCC(=O)O)c1cccc(O)c1. The van der Waals surface area contributed by atoms with Crippen LogP contribution in [0.4, 0.5) is 10.5 Å². The maximum atomic E-state index is 11.9. The quantitative estimate of drug-likeness (QED) is 0.643. The van der Waals surface area contributed by atoms with E-state index in [0.29, 0.717) is 18.7 Å². The number of amides is 2. The largest absolute Gasteiger partial charge is 0.508 e. The van der Waals surface area contributed by atoms with Crippen molar-refractivity contribution in [2.75, 3.05) is 18.5 Å². The predicted molar refractivity (Wildman–Crippen MR) is 80.6 cm³/mol. The number of aliphatic carboxylic acids is 1. The Morgan fingerprint density at radius 1 is 1.19 bits per heavy atom. The highest BCUT2D eigenvalue weighted by Gasteiger charge is 2.10. The molecule has 0 aliphatic heterocycles. The second-order valence-electron chi connectivity index (χ2n) is 4.87. The Morgan fingerprint density at radius 3 is 2.57 bits per heavy atom. The van der Waals surface area contributed by atoms with Crippen LogP contribution in [0.25, 0.3) is 0 Å². The van der Waals surface area contributed by atoms with E-state index in [2.05, 4.69) is 5.32 Å². The number of hydrogen-bond acceptors (Lipinski definition) is 3. The highest BCUT2D eigenvalue weighted by atomic mass is 16.4. The van der Waals surface area contributed by atoms with Gasteiger partial charge in [-0.2, -0.15) is 0 Å². The Hall–Kier alpha value is -2.24. The fourth-order valence-electron chi connectivity index (χ4n) is 1.89. The number of aromatic hydroxyl groups is 1. The summed E-state index contributed by atoms with van der Waals surface area (Å²) in [6.45, 7) is 0.551. The molecule has 0 heterocycles. The second kappa shape index (κ2) is 8.84. The van der Waals surface area contributed by atoms with Crippen molar-refractivity contribution < 1.29 is 19.8 Å². The molecule has 0 bridgehead atoms. The first-order chi connectivity index (χ1) is 10.0. The molecule has 21 heavy (non-hydrogen) atoms. The van der Waals surface area contributed by atoms with Crippen molar-refractivity contribution in [1.82, 2.24) is 5.32 Å². The van der Waals surface area contributed by atoms with Gasteiger partial charge in [0.1, 0.15) is 5.75 Å². The molecule has 0 fully saturated rings. The number of carbonyl (C=O) groups is 2. The van der Waals surface area contributed by atoms with Gasteiger partial charge in [0.15, 0.2) is 0 Å². The molecule has 0 unspecified atom stereocenters. The molecule has 0 saturated heterocycles. The number of nitrogens with zero attached hydrogens (tertiary/aromatic N) is 1. The second-order valence-corrected chi connectivity index (χ2v) is 4.87. The maximum Gasteiger partial charge on any atom is 0.321 e. The molecule has 2 amide bonds. The van der Waals surface area contributed by atoms with Crippen molar-refractivity contribution in [3.63, 3.8) is 0 Å². The zero-order chi connectivity index (χ0) is 15.7. The first kappa shape index (κ1) is 16.8. The number of unbranched alkanes of at least 4 members (excludes halogenated alkanes) is 3. The summed E-state index contributed by atoms with van der Waals surface area (Å²) >= 11 is 0. The molecule has 6 heteroatoms. The molecule has 6 nitrogen and oxygen atoms in total. The summed E-state index contributed by atoms with van der Waals surface area (Å²) in [7, 11) is 1.64. The number of anilines is 1. The lowest BCUT2D eigenvalue weighted by atomic mass is 10.1. The van der Waals surface area contributed by atoms with E-state index in [1.165, 1.54) is 11.0 Å².